The van der Waals surface area contributed by atoms with Crippen molar-refractivity contribution in [1.82, 2.24) is 9.55 Å². The van der Waals surface area contributed by atoms with Crippen LogP contribution in [0.4, 0.5) is 5.95 Å². The third-order valence-corrected chi connectivity index (χ3v) is 4.29. The van der Waals surface area contributed by atoms with Crippen molar-refractivity contribution in [2.45, 2.75) is 38.1 Å². The number of imidazole rings is 1. The smallest absolute Gasteiger partial charge is 0.201 e. The Labute approximate surface area is 115 Å². The average molecular weight is 341 g/mol. The molecule has 1 aromatic heterocycles. The molecule has 17 heavy (non-hydrogen) atoms. The monoisotopic (exact) mass is 341 g/mol. The fourth-order valence-corrected chi connectivity index (χ4v) is 3.29. The van der Waals surface area contributed by atoms with Crippen molar-refractivity contribution in [3.63, 3.8) is 0 Å². The lowest BCUT2D eigenvalue weighted by Gasteiger charge is -2.24. The van der Waals surface area contributed by atoms with Crippen LogP contribution in [0.5, 0.6) is 0 Å². The van der Waals surface area contributed by atoms with Crippen molar-refractivity contribution in [3.8, 4) is 0 Å². The Hall–Kier alpha value is -0.780. The van der Waals surface area contributed by atoms with Crippen molar-refractivity contribution in [1.29, 1.82) is 0 Å². The van der Waals surface area contributed by atoms with E-state index in [2.05, 4.69) is 50.3 Å². The largest absolute Gasteiger partial charge is 0.369 e. The molecule has 0 radical (unpaired) electrons. The maximum Gasteiger partial charge on any atom is 0.201 e. The molecule has 2 aromatic rings. The number of nitrogen functional groups attached to an aromatic ring is 1. The summed E-state index contributed by atoms with van der Waals surface area (Å²) in [6.07, 6.45) is 6.46. The number of hydrogen-bond acceptors (Lipinski definition) is 2. The molecule has 1 aliphatic carbocycles. The molecular weight excluding hydrogens is 325 g/mol. The zero-order valence-corrected chi connectivity index (χ0v) is 11.9. The van der Waals surface area contributed by atoms with E-state index in [0.717, 1.165) is 5.52 Å². The van der Waals surface area contributed by atoms with Gasteiger partial charge in [0.05, 0.1) is 11.0 Å². The minimum Gasteiger partial charge on any atom is -0.369 e. The highest BCUT2D eigenvalue weighted by Crippen LogP contribution is 2.33. The number of halogens is 1. The highest BCUT2D eigenvalue weighted by molar-refractivity contribution is 14.1. The van der Waals surface area contributed by atoms with E-state index in [1.54, 1.807) is 0 Å². The number of nitrogens with zero attached hydrogens (tertiary/aromatic N) is 2. The van der Waals surface area contributed by atoms with Gasteiger partial charge in [-0.1, -0.05) is 19.3 Å². The Kier molecular flexibility index (Phi) is 2.98. The predicted molar refractivity (Wildman–Crippen MR) is 79.0 cm³/mol. The van der Waals surface area contributed by atoms with Crippen LogP contribution in [0, 0.1) is 3.57 Å². The van der Waals surface area contributed by atoms with Crippen LogP contribution in [0.1, 0.15) is 38.1 Å². The molecule has 2 N–H and O–H groups in total. The van der Waals surface area contributed by atoms with Gasteiger partial charge in [0, 0.05) is 9.61 Å². The average Bonchev–Trinajstić information content (AvgIpc) is 2.65. The van der Waals surface area contributed by atoms with Crippen LogP contribution in [0.3, 0.4) is 0 Å². The Balaban J connectivity index is 2.11. The van der Waals surface area contributed by atoms with Crippen LogP contribution in [0.2, 0.25) is 0 Å². The molecule has 0 spiro atoms. The van der Waals surface area contributed by atoms with E-state index in [9.17, 15) is 0 Å². The van der Waals surface area contributed by atoms with Gasteiger partial charge in [-0.25, -0.2) is 4.98 Å². The third-order valence-electron chi connectivity index (χ3n) is 3.62. The standard InChI is InChI=1S/C13H16IN3/c14-9-6-7-12-11(8-9)16-13(15)17(12)10-4-2-1-3-5-10/h6-8,10H,1-5H2,(H2,15,16). The summed E-state index contributed by atoms with van der Waals surface area (Å²) in [6, 6.07) is 6.93. The normalized spacial score (nSPS) is 17.7. The van der Waals surface area contributed by atoms with E-state index in [4.69, 9.17) is 5.73 Å². The maximum absolute atomic E-state index is 6.08. The molecule has 1 aromatic carbocycles. The summed E-state index contributed by atoms with van der Waals surface area (Å²) in [5.74, 6) is 0.675. The lowest BCUT2D eigenvalue weighted by Crippen LogP contribution is -2.14. The summed E-state index contributed by atoms with van der Waals surface area (Å²) in [7, 11) is 0. The number of aromatic nitrogens is 2. The van der Waals surface area contributed by atoms with E-state index < -0.39 is 0 Å². The van der Waals surface area contributed by atoms with Crippen LogP contribution in [-0.4, -0.2) is 9.55 Å². The van der Waals surface area contributed by atoms with Gasteiger partial charge in [0.2, 0.25) is 5.95 Å². The third kappa shape index (κ3) is 2.03. The van der Waals surface area contributed by atoms with Gasteiger partial charge in [0.25, 0.3) is 0 Å². The second-order valence-electron chi connectivity index (χ2n) is 4.76. The zero-order valence-electron chi connectivity index (χ0n) is 9.69. The summed E-state index contributed by atoms with van der Waals surface area (Å²) in [5, 5.41) is 0. The molecule has 1 heterocycles. The molecule has 3 rings (SSSR count). The number of benzene rings is 1. The summed E-state index contributed by atoms with van der Waals surface area (Å²) < 4.78 is 3.45. The quantitative estimate of drug-likeness (QED) is 0.804. The molecule has 1 saturated carbocycles. The molecule has 0 saturated heterocycles. The number of nitrogens with two attached hydrogens (primary N) is 1. The van der Waals surface area contributed by atoms with Gasteiger partial charge in [-0.3, -0.25) is 0 Å². The molecule has 0 atom stereocenters. The van der Waals surface area contributed by atoms with E-state index in [1.807, 2.05) is 0 Å². The lowest BCUT2D eigenvalue weighted by molar-refractivity contribution is 0.363. The first-order valence-electron chi connectivity index (χ1n) is 6.18. The predicted octanol–water partition coefficient (Wildman–Crippen LogP) is 3.73. The van der Waals surface area contributed by atoms with Gasteiger partial charge in [-0.15, -0.1) is 0 Å². The van der Waals surface area contributed by atoms with Crippen LogP contribution >= 0.6 is 22.6 Å². The Morgan fingerprint density at radius 2 is 2.00 bits per heavy atom. The Morgan fingerprint density at radius 1 is 1.24 bits per heavy atom. The van der Waals surface area contributed by atoms with Crippen molar-refractivity contribution < 1.29 is 0 Å². The van der Waals surface area contributed by atoms with Gasteiger partial charge >= 0.3 is 0 Å². The van der Waals surface area contributed by atoms with Crippen molar-refractivity contribution >= 4 is 39.6 Å². The van der Waals surface area contributed by atoms with Crippen LogP contribution in [-0.2, 0) is 0 Å². The molecule has 0 unspecified atom stereocenters. The highest BCUT2D eigenvalue weighted by Gasteiger charge is 2.20. The first-order chi connectivity index (χ1) is 8.25. The van der Waals surface area contributed by atoms with Gasteiger partial charge < -0.3 is 10.3 Å². The van der Waals surface area contributed by atoms with Crippen LogP contribution in [0.25, 0.3) is 11.0 Å². The topological polar surface area (TPSA) is 43.8 Å². The molecule has 90 valence electrons. The molecule has 4 heteroatoms. The first kappa shape index (κ1) is 11.3. The van der Waals surface area contributed by atoms with Crippen molar-refractivity contribution in [2.75, 3.05) is 5.73 Å². The fourth-order valence-electron chi connectivity index (χ4n) is 2.81. The minimum atomic E-state index is 0.550. The van der Waals surface area contributed by atoms with Crippen molar-refractivity contribution in [3.05, 3.63) is 21.8 Å². The molecule has 0 amide bonds. The Bertz CT molecular complexity index is 541. The second kappa shape index (κ2) is 4.48. The van der Waals surface area contributed by atoms with Gasteiger partial charge in [0.15, 0.2) is 0 Å². The molecular formula is C13H16IN3. The van der Waals surface area contributed by atoms with Crippen LogP contribution < -0.4 is 5.73 Å². The van der Waals surface area contributed by atoms with E-state index >= 15 is 0 Å². The second-order valence-corrected chi connectivity index (χ2v) is 6.01. The first-order valence-corrected chi connectivity index (χ1v) is 7.26. The van der Waals surface area contributed by atoms with E-state index in [1.165, 1.54) is 41.2 Å². The van der Waals surface area contributed by atoms with Gasteiger partial charge in [-0.05, 0) is 53.6 Å². The summed E-state index contributed by atoms with van der Waals surface area (Å²) in [4.78, 5) is 4.49. The minimum absolute atomic E-state index is 0.550. The lowest BCUT2D eigenvalue weighted by atomic mass is 9.95. The molecule has 1 fully saturated rings. The summed E-state index contributed by atoms with van der Waals surface area (Å²) in [6.45, 7) is 0. The molecule has 3 nitrogen and oxygen atoms in total. The maximum atomic E-state index is 6.08. The van der Waals surface area contributed by atoms with Crippen LogP contribution in [0.15, 0.2) is 18.2 Å². The number of rotatable bonds is 1. The fraction of sp³-hybridized carbons (Fsp3) is 0.462. The summed E-state index contributed by atoms with van der Waals surface area (Å²) in [5.41, 5.74) is 8.30. The Morgan fingerprint density at radius 3 is 2.76 bits per heavy atom. The summed E-state index contributed by atoms with van der Waals surface area (Å²) >= 11 is 2.31. The van der Waals surface area contributed by atoms with E-state index in [-0.39, 0.29) is 0 Å². The number of hydrogen-bond donors (Lipinski definition) is 1. The number of anilines is 1. The molecule has 0 aliphatic heterocycles. The van der Waals surface area contributed by atoms with Gasteiger partial charge in [-0.2, -0.15) is 0 Å². The molecule has 1 aliphatic rings. The van der Waals surface area contributed by atoms with Gasteiger partial charge in [0.1, 0.15) is 0 Å². The SMILES string of the molecule is Nc1nc2cc(I)ccc2n1C1CCCCC1. The zero-order chi connectivity index (χ0) is 11.8. The molecule has 0 bridgehead atoms. The number of fused-ring (bicyclic) bond motifs is 1. The van der Waals surface area contributed by atoms with Crippen molar-refractivity contribution in [2.24, 2.45) is 0 Å². The van der Waals surface area contributed by atoms with E-state index in [0.29, 0.717) is 12.0 Å². The highest BCUT2D eigenvalue weighted by atomic mass is 127.